The van der Waals surface area contributed by atoms with Crippen molar-refractivity contribution in [2.45, 2.75) is 25.8 Å². The topological polar surface area (TPSA) is 64.7 Å². The number of methoxy groups -OCH3 is 1. The number of ether oxygens (including phenoxy) is 2. The number of nitrogens with two attached hydrogens (primary N) is 1. The van der Waals surface area contributed by atoms with Crippen molar-refractivity contribution in [1.82, 2.24) is 0 Å². The second kappa shape index (κ2) is 7.14. The summed E-state index contributed by atoms with van der Waals surface area (Å²) in [6, 6.07) is 5.11. The predicted molar refractivity (Wildman–Crippen MR) is 67.4 cm³/mol. The van der Waals surface area contributed by atoms with E-state index in [2.05, 4.69) is 6.92 Å². The van der Waals surface area contributed by atoms with Crippen molar-refractivity contribution in [3.63, 3.8) is 0 Å². The van der Waals surface area contributed by atoms with E-state index in [1.807, 2.05) is 18.2 Å². The third-order valence-electron chi connectivity index (χ3n) is 2.57. The highest BCUT2D eigenvalue weighted by molar-refractivity contribution is 5.43. The molecule has 0 aromatic heterocycles. The third-order valence-corrected chi connectivity index (χ3v) is 2.57. The lowest BCUT2D eigenvalue weighted by Gasteiger charge is -2.14. The molecule has 0 unspecified atom stereocenters. The maximum atomic E-state index is 9.00. The highest BCUT2D eigenvalue weighted by atomic mass is 16.5. The van der Waals surface area contributed by atoms with Crippen LogP contribution in [0.4, 0.5) is 0 Å². The maximum Gasteiger partial charge on any atom is 0.161 e. The molecular formula is C13H21NO3. The number of hydrogen-bond acceptors (Lipinski definition) is 4. The molecule has 96 valence electrons. The molecule has 0 aliphatic heterocycles. The van der Waals surface area contributed by atoms with Crippen LogP contribution in [-0.4, -0.2) is 25.4 Å². The zero-order chi connectivity index (χ0) is 12.7. The molecule has 3 N–H and O–H groups in total. The van der Waals surface area contributed by atoms with E-state index < -0.39 is 0 Å². The molecule has 0 aliphatic rings. The molecule has 0 heterocycles. The molecule has 0 radical (unpaired) electrons. The van der Waals surface area contributed by atoms with Gasteiger partial charge in [0.15, 0.2) is 11.5 Å². The van der Waals surface area contributed by atoms with Crippen molar-refractivity contribution in [1.29, 1.82) is 0 Å². The van der Waals surface area contributed by atoms with Crippen molar-refractivity contribution in [2.24, 2.45) is 5.73 Å². The van der Waals surface area contributed by atoms with Gasteiger partial charge in [-0.15, -0.1) is 0 Å². The van der Waals surface area contributed by atoms with Gasteiger partial charge in [-0.1, -0.05) is 19.4 Å². The quantitative estimate of drug-likeness (QED) is 0.713. The van der Waals surface area contributed by atoms with Gasteiger partial charge in [-0.05, 0) is 24.1 Å². The summed E-state index contributed by atoms with van der Waals surface area (Å²) < 4.78 is 10.9. The number of hydrogen-bond donors (Lipinski definition) is 2. The summed E-state index contributed by atoms with van der Waals surface area (Å²) in [5, 5.41) is 9.00. The van der Waals surface area contributed by atoms with Gasteiger partial charge in [0.2, 0.25) is 0 Å². The Hall–Kier alpha value is -1.26. The molecule has 0 saturated heterocycles. The molecule has 1 rings (SSSR count). The molecule has 1 aromatic rings. The Labute approximate surface area is 102 Å². The first-order chi connectivity index (χ1) is 8.22. The summed E-state index contributed by atoms with van der Waals surface area (Å²) >= 11 is 0. The van der Waals surface area contributed by atoms with Crippen LogP contribution in [0.1, 0.15) is 31.4 Å². The van der Waals surface area contributed by atoms with Crippen molar-refractivity contribution >= 4 is 0 Å². The van der Waals surface area contributed by atoms with E-state index in [0.29, 0.717) is 12.4 Å². The summed E-state index contributed by atoms with van der Waals surface area (Å²) in [6.45, 7) is 2.71. The average Bonchev–Trinajstić information content (AvgIpc) is 2.38. The first-order valence-corrected chi connectivity index (χ1v) is 5.90. The van der Waals surface area contributed by atoms with Crippen molar-refractivity contribution in [3.8, 4) is 11.5 Å². The molecule has 17 heavy (non-hydrogen) atoms. The minimum Gasteiger partial charge on any atom is -0.493 e. The van der Waals surface area contributed by atoms with Gasteiger partial charge in [0.05, 0.1) is 26.4 Å². The number of rotatable bonds is 7. The van der Waals surface area contributed by atoms with Gasteiger partial charge in [0.1, 0.15) is 0 Å². The molecule has 0 aliphatic carbocycles. The summed E-state index contributed by atoms with van der Waals surface area (Å²) in [4.78, 5) is 0. The summed E-state index contributed by atoms with van der Waals surface area (Å²) in [7, 11) is 1.59. The van der Waals surface area contributed by atoms with Crippen LogP contribution >= 0.6 is 0 Å². The van der Waals surface area contributed by atoms with Crippen LogP contribution in [0, 0.1) is 0 Å². The minimum absolute atomic E-state index is 0.0841. The first-order valence-electron chi connectivity index (χ1n) is 5.90. The Kier molecular flexibility index (Phi) is 5.80. The second-order valence-electron chi connectivity index (χ2n) is 3.90. The van der Waals surface area contributed by atoms with Crippen LogP contribution in [-0.2, 0) is 0 Å². The van der Waals surface area contributed by atoms with Gasteiger partial charge in [-0.25, -0.2) is 0 Å². The monoisotopic (exact) mass is 239 g/mol. The van der Waals surface area contributed by atoms with Gasteiger partial charge >= 0.3 is 0 Å². The summed E-state index contributed by atoms with van der Waals surface area (Å²) in [5.74, 6) is 1.37. The third kappa shape index (κ3) is 3.91. The largest absolute Gasteiger partial charge is 0.493 e. The van der Waals surface area contributed by atoms with Crippen LogP contribution in [0.2, 0.25) is 0 Å². The Morgan fingerprint density at radius 3 is 2.71 bits per heavy atom. The molecule has 0 bridgehead atoms. The Morgan fingerprint density at radius 1 is 1.35 bits per heavy atom. The molecule has 4 nitrogen and oxygen atoms in total. The molecule has 1 atom stereocenters. The molecule has 0 amide bonds. The lowest BCUT2D eigenvalue weighted by atomic mass is 10.1. The van der Waals surface area contributed by atoms with Crippen LogP contribution in [0.25, 0.3) is 0 Å². The SMILES string of the molecule is CCCCOc1ccc([C@@H](N)CO)cc1OC. The summed E-state index contributed by atoms with van der Waals surface area (Å²) in [6.07, 6.45) is 2.11. The maximum absolute atomic E-state index is 9.00. The second-order valence-corrected chi connectivity index (χ2v) is 3.90. The predicted octanol–water partition coefficient (Wildman–Crippen LogP) is 1.87. The van der Waals surface area contributed by atoms with Crippen molar-refractivity contribution in [2.75, 3.05) is 20.3 Å². The first kappa shape index (κ1) is 13.8. The van der Waals surface area contributed by atoms with Crippen LogP contribution < -0.4 is 15.2 Å². The summed E-state index contributed by atoms with van der Waals surface area (Å²) in [5.41, 5.74) is 6.58. The lowest BCUT2D eigenvalue weighted by Crippen LogP contribution is -2.14. The molecule has 0 spiro atoms. The average molecular weight is 239 g/mol. The standard InChI is InChI=1S/C13H21NO3/c1-3-4-7-17-12-6-5-10(11(14)9-15)8-13(12)16-2/h5-6,8,11,15H,3-4,7,9,14H2,1-2H3/t11-/m0/s1. The van der Waals surface area contributed by atoms with E-state index in [1.54, 1.807) is 7.11 Å². The highest BCUT2D eigenvalue weighted by Crippen LogP contribution is 2.29. The number of aliphatic hydroxyl groups excluding tert-OH is 1. The molecular weight excluding hydrogens is 218 g/mol. The Balaban J connectivity index is 2.78. The van der Waals surface area contributed by atoms with E-state index in [-0.39, 0.29) is 12.6 Å². The van der Waals surface area contributed by atoms with E-state index in [0.717, 1.165) is 24.2 Å². The van der Waals surface area contributed by atoms with Gasteiger partial charge < -0.3 is 20.3 Å². The number of aliphatic hydroxyl groups is 1. The van der Waals surface area contributed by atoms with E-state index in [1.165, 1.54) is 0 Å². The fourth-order valence-electron chi connectivity index (χ4n) is 1.47. The van der Waals surface area contributed by atoms with Crippen molar-refractivity contribution in [3.05, 3.63) is 23.8 Å². The molecule has 4 heteroatoms. The molecule has 1 aromatic carbocycles. The molecule has 0 saturated carbocycles. The number of benzene rings is 1. The zero-order valence-corrected chi connectivity index (χ0v) is 10.5. The van der Waals surface area contributed by atoms with Crippen LogP contribution in [0.3, 0.4) is 0 Å². The van der Waals surface area contributed by atoms with E-state index in [4.69, 9.17) is 20.3 Å². The normalized spacial score (nSPS) is 12.2. The van der Waals surface area contributed by atoms with Gasteiger partial charge in [-0.3, -0.25) is 0 Å². The highest BCUT2D eigenvalue weighted by Gasteiger charge is 2.10. The minimum atomic E-state index is -0.381. The van der Waals surface area contributed by atoms with Gasteiger partial charge in [-0.2, -0.15) is 0 Å². The smallest absolute Gasteiger partial charge is 0.161 e. The van der Waals surface area contributed by atoms with E-state index in [9.17, 15) is 0 Å². The molecule has 0 fully saturated rings. The fraction of sp³-hybridized carbons (Fsp3) is 0.538. The van der Waals surface area contributed by atoms with Gasteiger partial charge in [0.25, 0.3) is 0 Å². The van der Waals surface area contributed by atoms with E-state index >= 15 is 0 Å². The Morgan fingerprint density at radius 2 is 2.12 bits per heavy atom. The van der Waals surface area contributed by atoms with Crippen molar-refractivity contribution < 1.29 is 14.6 Å². The Bertz CT molecular complexity index is 341. The van der Waals surface area contributed by atoms with Gasteiger partial charge in [0, 0.05) is 0 Å². The number of unbranched alkanes of at least 4 members (excludes halogenated alkanes) is 1. The zero-order valence-electron chi connectivity index (χ0n) is 10.5. The van der Waals surface area contributed by atoms with Crippen LogP contribution in [0.5, 0.6) is 11.5 Å². The van der Waals surface area contributed by atoms with Crippen LogP contribution in [0.15, 0.2) is 18.2 Å². The fourth-order valence-corrected chi connectivity index (χ4v) is 1.47. The lowest BCUT2D eigenvalue weighted by molar-refractivity contribution is 0.266.